The second kappa shape index (κ2) is 11.2. The lowest BCUT2D eigenvalue weighted by atomic mass is 10.2. The summed E-state index contributed by atoms with van der Waals surface area (Å²) >= 11 is 6.05. The molecular weight excluding hydrogens is 380 g/mol. The number of carboxylic acids is 1. The van der Waals surface area contributed by atoms with Crippen LogP contribution < -0.4 is 10.2 Å². The Morgan fingerprint density at radius 2 is 1.96 bits per heavy atom. The zero-order valence-corrected chi connectivity index (χ0v) is 16.5. The Morgan fingerprint density at radius 1 is 1.21 bits per heavy atom. The summed E-state index contributed by atoms with van der Waals surface area (Å²) in [7, 11) is 0. The van der Waals surface area contributed by atoms with Gasteiger partial charge < -0.3 is 20.2 Å². The fraction of sp³-hybridized carbons (Fsp3) is 0.450. The van der Waals surface area contributed by atoms with E-state index in [0.29, 0.717) is 37.5 Å². The van der Waals surface area contributed by atoms with Crippen LogP contribution in [-0.2, 0) is 9.59 Å². The second-order valence-corrected chi connectivity index (χ2v) is 7.05. The number of carboxylic acid groups (broad SMARTS) is 1. The Bertz CT molecular complexity index is 752. The van der Waals surface area contributed by atoms with Crippen LogP contribution in [0.15, 0.2) is 36.0 Å². The first-order valence-corrected chi connectivity index (χ1v) is 9.74. The van der Waals surface area contributed by atoms with Crippen LogP contribution in [0, 0.1) is 11.3 Å². The topological polar surface area (TPSA) is 96.7 Å². The smallest absolute Gasteiger partial charge is 0.303 e. The molecule has 0 aromatic heterocycles. The molecule has 1 saturated heterocycles. The molecule has 0 bridgehead atoms. The number of amides is 1. The predicted octanol–water partition coefficient (Wildman–Crippen LogP) is 2.63. The first-order chi connectivity index (χ1) is 13.5. The van der Waals surface area contributed by atoms with E-state index in [4.69, 9.17) is 16.7 Å². The van der Waals surface area contributed by atoms with Crippen LogP contribution in [0.25, 0.3) is 0 Å². The maximum absolute atomic E-state index is 12.2. The number of aliphatic carboxylic acids is 1. The van der Waals surface area contributed by atoms with E-state index in [1.807, 2.05) is 35.2 Å². The van der Waals surface area contributed by atoms with E-state index >= 15 is 0 Å². The summed E-state index contributed by atoms with van der Waals surface area (Å²) in [4.78, 5) is 26.8. The summed E-state index contributed by atoms with van der Waals surface area (Å²) in [5, 5.41) is 21.3. The van der Waals surface area contributed by atoms with Crippen molar-refractivity contribution in [3.63, 3.8) is 0 Å². The number of piperazine rings is 1. The minimum atomic E-state index is -0.811. The van der Waals surface area contributed by atoms with Crippen molar-refractivity contribution >= 4 is 29.2 Å². The van der Waals surface area contributed by atoms with Crippen LogP contribution in [0.2, 0.25) is 5.02 Å². The summed E-state index contributed by atoms with van der Waals surface area (Å²) in [6, 6.07) is 9.67. The molecule has 1 aliphatic heterocycles. The van der Waals surface area contributed by atoms with Gasteiger partial charge >= 0.3 is 5.97 Å². The van der Waals surface area contributed by atoms with Gasteiger partial charge in [0.05, 0.1) is 0 Å². The molecule has 1 amide bonds. The van der Waals surface area contributed by atoms with E-state index in [-0.39, 0.29) is 12.0 Å². The number of carbonyl (C=O) groups excluding carboxylic acids is 1. The highest BCUT2D eigenvalue weighted by molar-refractivity contribution is 6.30. The average molecular weight is 405 g/mol. The van der Waals surface area contributed by atoms with Gasteiger partial charge in [0.1, 0.15) is 11.6 Å². The fourth-order valence-corrected chi connectivity index (χ4v) is 3.16. The van der Waals surface area contributed by atoms with Crippen molar-refractivity contribution in [1.82, 2.24) is 10.2 Å². The number of hydrogen-bond acceptors (Lipinski definition) is 5. The normalized spacial score (nSPS) is 14.5. The maximum atomic E-state index is 12.2. The van der Waals surface area contributed by atoms with E-state index in [1.54, 1.807) is 6.20 Å². The highest BCUT2D eigenvalue weighted by Gasteiger charge is 2.17. The Hall–Kier alpha value is -2.72. The van der Waals surface area contributed by atoms with Gasteiger partial charge in [0.15, 0.2) is 0 Å². The molecule has 7 nitrogen and oxygen atoms in total. The Kier molecular flexibility index (Phi) is 8.63. The lowest BCUT2D eigenvalue weighted by Crippen LogP contribution is -2.44. The molecule has 150 valence electrons. The molecule has 1 aromatic rings. The predicted molar refractivity (Wildman–Crippen MR) is 108 cm³/mol. The molecule has 1 aromatic carbocycles. The van der Waals surface area contributed by atoms with Crippen LogP contribution >= 0.6 is 11.6 Å². The highest BCUT2D eigenvalue weighted by atomic mass is 35.5. The van der Waals surface area contributed by atoms with Gasteiger partial charge in [-0.2, -0.15) is 5.26 Å². The van der Waals surface area contributed by atoms with Gasteiger partial charge in [-0.05, 0) is 31.0 Å². The summed E-state index contributed by atoms with van der Waals surface area (Å²) < 4.78 is 0. The Morgan fingerprint density at radius 3 is 2.61 bits per heavy atom. The third-order valence-electron chi connectivity index (χ3n) is 4.52. The lowest BCUT2D eigenvalue weighted by molar-refractivity contribution is -0.137. The van der Waals surface area contributed by atoms with Crippen molar-refractivity contribution < 1.29 is 14.7 Å². The molecule has 0 unspecified atom stereocenters. The van der Waals surface area contributed by atoms with Crippen LogP contribution in [0.5, 0.6) is 0 Å². The van der Waals surface area contributed by atoms with Crippen molar-refractivity contribution in [1.29, 1.82) is 5.26 Å². The molecule has 8 heteroatoms. The SMILES string of the molecule is N#C/C(=C/N1CCN(c2cccc(Cl)c2)CC1)C(=O)NCCCCCC(=O)O. The molecule has 1 heterocycles. The Balaban J connectivity index is 1.77. The van der Waals surface area contributed by atoms with Crippen molar-refractivity contribution in [3.05, 3.63) is 41.1 Å². The number of anilines is 1. The quantitative estimate of drug-likeness (QED) is 0.373. The first-order valence-electron chi connectivity index (χ1n) is 9.36. The molecule has 0 atom stereocenters. The number of unbranched alkanes of at least 4 members (excludes halogenated alkanes) is 2. The molecule has 1 fully saturated rings. The van der Waals surface area contributed by atoms with Crippen molar-refractivity contribution in [2.75, 3.05) is 37.6 Å². The molecule has 0 spiro atoms. The minimum absolute atomic E-state index is 0.0849. The number of halogens is 1. The van der Waals surface area contributed by atoms with Gasteiger partial charge in [-0.3, -0.25) is 9.59 Å². The zero-order chi connectivity index (χ0) is 20.4. The number of nitrogens with one attached hydrogen (secondary N) is 1. The molecule has 2 rings (SSSR count). The minimum Gasteiger partial charge on any atom is -0.481 e. The zero-order valence-electron chi connectivity index (χ0n) is 15.7. The first kappa shape index (κ1) is 21.6. The summed E-state index contributed by atoms with van der Waals surface area (Å²) in [6.45, 7) is 3.40. The van der Waals surface area contributed by atoms with E-state index in [2.05, 4.69) is 10.2 Å². The summed E-state index contributed by atoms with van der Waals surface area (Å²) in [6.07, 6.45) is 3.76. The number of nitrogens with zero attached hydrogens (tertiary/aromatic N) is 3. The molecule has 2 N–H and O–H groups in total. The highest BCUT2D eigenvalue weighted by Crippen LogP contribution is 2.21. The van der Waals surface area contributed by atoms with Crippen LogP contribution in [-0.4, -0.2) is 54.6 Å². The van der Waals surface area contributed by atoms with Gasteiger partial charge in [0.25, 0.3) is 5.91 Å². The molecule has 0 radical (unpaired) electrons. The fourth-order valence-electron chi connectivity index (χ4n) is 2.98. The monoisotopic (exact) mass is 404 g/mol. The van der Waals surface area contributed by atoms with Gasteiger partial charge in [-0.15, -0.1) is 0 Å². The number of nitriles is 1. The third-order valence-corrected chi connectivity index (χ3v) is 4.75. The van der Waals surface area contributed by atoms with Crippen molar-refractivity contribution in [2.24, 2.45) is 0 Å². The van der Waals surface area contributed by atoms with Crippen LogP contribution in [0.1, 0.15) is 25.7 Å². The second-order valence-electron chi connectivity index (χ2n) is 6.62. The van der Waals surface area contributed by atoms with Crippen molar-refractivity contribution in [2.45, 2.75) is 25.7 Å². The van der Waals surface area contributed by atoms with E-state index in [0.717, 1.165) is 25.2 Å². The standard InChI is InChI=1S/C20H25ClN4O3/c21-17-5-4-6-18(13-17)25-11-9-24(10-12-25)15-16(14-22)20(28)23-8-3-1-2-7-19(26)27/h4-6,13,15H,1-3,7-12H2,(H,23,28)(H,26,27)/b16-15-. The van der Waals surface area contributed by atoms with E-state index < -0.39 is 11.9 Å². The van der Waals surface area contributed by atoms with Crippen molar-refractivity contribution in [3.8, 4) is 6.07 Å². The van der Waals surface area contributed by atoms with E-state index in [9.17, 15) is 14.9 Å². The maximum Gasteiger partial charge on any atom is 0.303 e. The third kappa shape index (κ3) is 7.12. The molecule has 1 aliphatic rings. The van der Waals surface area contributed by atoms with E-state index in [1.165, 1.54) is 0 Å². The van der Waals surface area contributed by atoms with Gasteiger partial charge in [0, 0.05) is 56.1 Å². The van der Waals surface area contributed by atoms with Gasteiger partial charge in [-0.1, -0.05) is 24.1 Å². The van der Waals surface area contributed by atoms with Crippen LogP contribution in [0.4, 0.5) is 5.69 Å². The molecule has 28 heavy (non-hydrogen) atoms. The van der Waals surface area contributed by atoms with Gasteiger partial charge in [-0.25, -0.2) is 0 Å². The largest absolute Gasteiger partial charge is 0.481 e. The lowest BCUT2D eigenvalue weighted by Gasteiger charge is -2.35. The molecule has 0 saturated carbocycles. The number of carbonyl (C=O) groups is 2. The average Bonchev–Trinajstić information content (AvgIpc) is 2.68. The molecular formula is C20H25ClN4O3. The van der Waals surface area contributed by atoms with Gasteiger partial charge in [0.2, 0.25) is 0 Å². The Labute approximate surface area is 170 Å². The summed E-state index contributed by atoms with van der Waals surface area (Å²) in [5.74, 6) is -1.20. The molecule has 0 aliphatic carbocycles. The number of hydrogen-bond donors (Lipinski definition) is 2. The number of rotatable bonds is 9. The van der Waals surface area contributed by atoms with Crippen LogP contribution in [0.3, 0.4) is 0 Å². The summed E-state index contributed by atoms with van der Waals surface area (Å²) in [5.41, 5.74) is 1.15. The number of benzene rings is 1.